The fourth-order valence-electron chi connectivity index (χ4n) is 3.39. The van der Waals surface area contributed by atoms with Crippen molar-refractivity contribution in [2.24, 2.45) is 5.92 Å². The Morgan fingerprint density at radius 1 is 1.29 bits per heavy atom. The molecule has 0 saturated carbocycles. The molecule has 2 unspecified atom stereocenters. The first-order valence-corrected chi connectivity index (χ1v) is 7.44. The van der Waals surface area contributed by atoms with Gasteiger partial charge in [-0.1, -0.05) is 13.0 Å². The van der Waals surface area contributed by atoms with Gasteiger partial charge in [0, 0.05) is 25.2 Å². The molecule has 5 nitrogen and oxygen atoms in total. The lowest BCUT2D eigenvalue weighted by molar-refractivity contribution is -0.145. The molecule has 5 heteroatoms. The normalized spacial score (nSPS) is 24.7. The van der Waals surface area contributed by atoms with Gasteiger partial charge in [0.1, 0.15) is 6.04 Å². The van der Waals surface area contributed by atoms with Gasteiger partial charge in [0.25, 0.3) is 5.91 Å². The lowest BCUT2D eigenvalue weighted by atomic mass is 9.90. The molecule has 0 radical (unpaired) electrons. The van der Waals surface area contributed by atoms with E-state index >= 15 is 0 Å². The Balaban J connectivity index is 1.88. The monoisotopic (exact) mass is 288 g/mol. The van der Waals surface area contributed by atoms with Crippen LogP contribution in [0.4, 0.5) is 0 Å². The molecule has 1 amide bonds. The second-order valence-electron chi connectivity index (χ2n) is 5.99. The third-order valence-corrected chi connectivity index (χ3v) is 4.53. The van der Waals surface area contributed by atoms with Gasteiger partial charge in [-0.15, -0.1) is 0 Å². The molecule has 0 aliphatic carbocycles. The van der Waals surface area contributed by atoms with Crippen molar-refractivity contribution in [2.75, 3.05) is 6.54 Å². The number of likely N-dealkylation sites (tertiary alicyclic amines) is 1. The zero-order valence-corrected chi connectivity index (χ0v) is 12.1. The molecule has 1 aromatic rings. The van der Waals surface area contributed by atoms with Crippen molar-refractivity contribution in [3.63, 3.8) is 0 Å². The number of rotatable bonds is 2. The quantitative estimate of drug-likeness (QED) is 0.867. The van der Waals surface area contributed by atoms with E-state index in [0.717, 1.165) is 31.5 Å². The maximum atomic E-state index is 12.7. The molecule has 2 heterocycles. The smallest absolute Gasteiger partial charge is 0.326 e. The largest absolute Gasteiger partial charge is 0.480 e. The molecule has 0 aromatic heterocycles. The van der Waals surface area contributed by atoms with Crippen molar-refractivity contribution in [3.05, 3.63) is 34.9 Å². The number of hydrogen-bond donors (Lipinski definition) is 2. The molecule has 112 valence electrons. The minimum absolute atomic E-state index is 0.00343. The first kappa shape index (κ1) is 14.1. The highest BCUT2D eigenvalue weighted by Gasteiger charge is 2.37. The maximum absolute atomic E-state index is 12.7. The summed E-state index contributed by atoms with van der Waals surface area (Å²) in [5.74, 6) is -1.07. The van der Waals surface area contributed by atoms with E-state index in [4.69, 9.17) is 0 Å². The van der Waals surface area contributed by atoms with Crippen LogP contribution < -0.4 is 5.32 Å². The maximum Gasteiger partial charge on any atom is 0.326 e. The van der Waals surface area contributed by atoms with Gasteiger partial charge in [-0.3, -0.25) is 4.79 Å². The van der Waals surface area contributed by atoms with E-state index in [2.05, 4.69) is 5.32 Å². The molecule has 1 fully saturated rings. The second-order valence-corrected chi connectivity index (χ2v) is 5.99. The van der Waals surface area contributed by atoms with Crippen LogP contribution in [0.3, 0.4) is 0 Å². The fraction of sp³-hybridized carbons (Fsp3) is 0.500. The average Bonchev–Trinajstić information content (AvgIpc) is 2.93. The number of carbonyl (C=O) groups is 2. The van der Waals surface area contributed by atoms with Crippen molar-refractivity contribution in [1.82, 2.24) is 10.2 Å². The molecule has 2 aliphatic rings. The Morgan fingerprint density at radius 3 is 2.81 bits per heavy atom. The van der Waals surface area contributed by atoms with Gasteiger partial charge in [-0.25, -0.2) is 4.79 Å². The molecule has 21 heavy (non-hydrogen) atoms. The van der Waals surface area contributed by atoms with Crippen molar-refractivity contribution in [2.45, 2.75) is 38.9 Å². The van der Waals surface area contributed by atoms with Crippen LogP contribution >= 0.6 is 0 Å². The Labute approximate surface area is 123 Å². The number of carbonyl (C=O) groups excluding carboxylic acids is 1. The number of fused-ring (bicyclic) bond motifs is 1. The second kappa shape index (κ2) is 5.48. The van der Waals surface area contributed by atoms with Crippen LogP contribution in [0.25, 0.3) is 0 Å². The molecule has 0 spiro atoms. The third kappa shape index (κ3) is 2.53. The van der Waals surface area contributed by atoms with Crippen molar-refractivity contribution >= 4 is 11.9 Å². The summed E-state index contributed by atoms with van der Waals surface area (Å²) in [6, 6.07) is 4.96. The minimum Gasteiger partial charge on any atom is -0.480 e. The summed E-state index contributed by atoms with van der Waals surface area (Å²) < 4.78 is 0. The lowest BCUT2D eigenvalue weighted by Crippen LogP contribution is -2.51. The fourth-order valence-corrected chi connectivity index (χ4v) is 3.39. The van der Waals surface area contributed by atoms with Crippen LogP contribution in [0.2, 0.25) is 0 Å². The van der Waals surface area contributed by atoms with Crippen LogP contribution in [0.5, 0.6) is 0 Å². The molecular formula is C16H20N2O3. The summed E-state index contributed by atoms with van der Waals surface area (Å²) in [6.45, 7) is 4.04. The topological polar surface area (TPSA) is 69.6 Å². The van der Waals surface area contributed by atoms with Crippen LogP contribution in [0.15, 0.2) is 18.2 Å². The van der Waals surface area contributed by atoms with Crippen molar-refractivity contribution in [1.29, 1.82) is 0 Å². The number of aliphatic carboxylic acids is 1. The number of carboxylic acids is 1. The summed E-state index contributed by atoms with van der Waals surface area (Å²) in [4.78, 5) is 25.7. The zero-order valence-electron chi connectivity index (χ0n) is 12.1. The first-order chi connectivity index (χ1) is 10.1. The molecule has 2 aliphatic heterocycles. The number of nitrogens with one attached hydrogen (secondary N) is 1. The van der Waals surface area contributed by atoms with E-state index in [1.165, 1.54) is 10.5 Å². The van der Waals surface area contributed by atoms with Crippen LogP contribution in [0.1, 0.15) is 41.3 Å². The summed E-state index contributed by atoms with van der Waals surface area (Å²) in [7, 11) is 0. The highest BCUT2D eigenvalue weighted by atomic mass is 16.4. The highest BCUT2D eigenvalue weighted by molar-refractivity contribution is 5.97. The predicted octanol–water partition coefficient (Wildman–Crippen LogP) is 1.62. The SMILES string of the molecule is CC1CCCN(C(=O)c2ccc3c(c2)CNC3)C1C(=O)O. The molecule has 1 saturated heterocycles. The van der Waals surface area contributed by atoms with E-state index in [-0.39, 0.29) is 11.8 Å². The summed E-state index contributed by atoms with van der Waals surface area (Å²) >= 11 is 0. The predicted molar refractivity (Wildman–Crippen MR) is 77.8 cm³/mol. The molecule has 0 bridgehead atoms. The van der Waals surface area contributed by atoms with E-state index in [1.807, 2.05) is 25.1 Å². The van der Waals surface area contributed by atoms with E-state index in [1.54, 1.807) is 0 Å². The standard InChI is InChI=1S/C16H20N2O3/c1-10-3-2-6-18(14(10)16(20)21)15(19)11-4-5-12-8-17-9-13(12)7-11/h4-5,7,10,14,17H,2-3,6,8-9H2,1H3,(H,20,21). The molecular weight excluding hydrogens is 268 g/mol. The number of piperidine rings is 1. The number of hydrogen-bond acceptors (Lipinski definition) is 3. The van der Waals surface area contributed by atoms with E-state index < -0.39 is 12.0 Å². The first-order valence-electron chi connectivity index (χ1n) is 7.44. The average molecular weight is 288 g/mol. The van der Waals surface area contributed by atoms with Gasteiger partial charge in [-0.05, 0) is 42.0 Å². The molecule has 1 aromatic carbocycles. The summed E-state index contributed by atoms with van der Waals surface area (Å²) in [5.41, 5.74) is 2.95. The number of carboxylic acid groups (broad SMARTS) is 1. The van der Waals surface area contributed by atoms with Crippen LogP contribution in [-0.4, -0.2) is 34.5 Å². The Kier molecular flexibility index (Phi) is 3.68. The van der Waals surface area contributed by atoms with Crippen molar-refractivity contribution < 1.29 is 14.7 Å². The molecule has 2 N–H and O–H groups in total. The minimum atomic E-state index is -0.904. The Morgan fingerprint density at radius 2 is 2.05 bits per heavy atom. The van der Waals surface area contributed by atoms with Gasteiger partial charge in [0.15, 0.2) is 0 Å². The molecule has 3 rings (SSSR count). The van der Waals surface area contributed by atoms with Gasteiger partial charge < -0.3 is 15.3 Å². The highest BCUT2D eigenvalue weighted by Crippen LogP contribution is 2.26. The van der Waals surface area contributed by atoms with Crippen LogP contribution in [0, 0.1) is 5.92 Å². The number of nitrogens with zero attached hydrogens (tertiary/aromatic N) is 1. The van der Waals surface area contributed by atoms with Gasteiger partial charge >= 0.3 is 5.97 Å². The van der Waals surface area contributed by atoms with Crippen LogP contribution in [-0.2, 0) is 17.9 Å². The summed E-state index contributed by atoms with van der Waals surface area (Å²) in [6.07, 6.45) is 1.72. The van der Waals surface area contributed by atoms with E-state index in [0.29, 0.717) is 12.1 Å². The summed E-state index contributed by atoms with van der Waals surface area (Å²) in [5, 5.41) is 12.7. The van der Waals surface area contributed by atoms with Gasteiger partial charge in [-0.2, -0.15) is 0 Å². The Hall–Kier alpha value is -1.88. The third-order valence-electron chi connectivity index (χ3n) is 4.53. The van der Waals surface area contributed by atoms with E-state index in [9.17, 15) is 14.7 Å². The zero-order chi connectivity index (χ0) is 15.0. The molecule has 2 atom stereocenters. The number of benzene rings is 1. The lowest BCUT2D eigenvalue weighted by Gasteiger charge is -2.37. The van der Waals surface area contributed by atoms with Gasteiger partial charge in [0.2, 0.25) is 0 Å². The number of amides is 1. The Bertz CT molecular complexity index is 585. The van der Waals surface area contributed by atoms with Gasteiger partial charge in [0.05, 0.1) is 0 Å². The van der Waals surface area contributed by atoms with Crippen molar-refractivity contribution in [3.8, 4) is 0 Å².